The van der Waals surface area contributed by atoms with E-state index < -0.39 is 0 Å². The molecule has 0 saturated carbocycles. The summed E-state index contributed by atoms with van der Waals surface area (Å²) in [4.78, 5) is 20.4. The molecule has 1 aromatic carbocycles. The molecule has 0 aliphatic rings. The van der Waals surface area contributed by atoms with Gasteiger partial charge >= 0.3 is 0 Å². The number of hydrogen-bond donors (Lipinski definition) is 1. The van der Waals surface area contributed by atoms with Gasteiger partial charge in [0.1, 0.15) is 5.82 Å². The SMILES string of the molecule is CCC(=O)Nc1ccc(C(C)Cc2cnc3ccc(C(C)C)cc3c2)cn1. The largest absolute Gasteiger partial charge is 0.311 e. The molecule has 1 amide bonds. The number of nitrogens with one attached hydrogen (secondary N) is 1. The molecule has 3 rings (SSSR count). The molecule has 3 aromatic rings. The molecule has 140 valence electrons. The number of benzene rings is 1. The Morgan fingerprint density at radius 2 is 1.78 bits per heavy atom. The Morgan fingerprint density at radius 3 is 2.44 bits per heavy atom. The highest BCUT2D eigenvalue weighted by molar-refractivity contribution is 5.89. The first-order valence-corrected chi connectivity index (χ1v) is 9.60. The Kier molecular flexibility index (Phi) is 5.84. The molecule has 0 radical (unpaired) electrons. The highest BCUT2D eigenvalue weighted by Crippen LogP contribution is 2.24. The van der Waals surface area contributed by atoms with Crippen molar-refractivity contribution in [3.05, 3.63) is 65.5 Å². The monoisotopic (exact) mass is 361 g/mol. The van der Waals surface area contributed by atoms with Crippen LogP contribution in [0, 0.1) is 0 Å². The molecule has 4 heteroatoms. The summed E-state index contributed by atoms with van der Waals surface area (Å²) in [6, 6.07) is 12.7. The number of anilines is 1. The Labute approximate surface area is 161 Å². The standard InChI is InChI=1S/C23H27N3O/c1-5-23(27)26-22-9-7-19(14-25-22)16(4)10-17-11-20-12-18(15(2)3)6-8-21(20)24-13-17/h6-9,11-16H,5,10H2,1-4H3,(H,25,26,27). The van der Waals surface area contributed by atoms with E-state index in [0.717, 1.165) is 17.5 Å². The number of aromatic nitrogens is 2. The van der Waals surface area contributed by atoms with Crippen LogP contribution in [-0.4, -0.2) is 15.9 Å². The summed E-state index contributed by atoms with van der Waals surface area (Å²) < 4.78 is 0. The lowest BCUT2D eigenvalue weighted by atomic mass is 9.94. The van der Waals surface area contributed by atoms with Gasteiger partial charge in [0.2, 0.25) is 5.91 Å². The quantitative estimate of drug-likeness (QED) is 0.635. The third kappa shape index (κ3) is 4.70. The van der Waals surface area contributed by atoms with Gasteiger partial charge in [-0.25, -0.2) is 4.98 Å². The lowest BCUT2D eigenvalue weighted by molar-refractivity contribution is -0.115. The van der Waals surface area contributed by atoms with E-state index in [-0.39, 0.29) is 5.91 Å². The third-order valence-corrected chi connectivity index (χ3v) is 4.91. The summed E-state index contributed by atoms with van der Waals surface area (Å²) in [7, 11) is 0. The van der Waals surface area contributed by atoms with Crippen LogP contribution in [0.4, 0.5) is 5.82 Å². The van der Waals surface area contributed by atoms with E-state index in [1.165, 1.54) is 16.5 Å². The summed E-state index contributed by atoms with van der Waals surface area (Å²) in [5, 5.41) is 3.98. The maximum absolute atomic E-state index is 11.5. The molecule has 27 heavy (non-hydrogen) atoms. The van der Waals surface area contributed by atoms with Gasteiger partial charge in [-0.2, -0.15) is 0 Å². The predicted octanol–water partition coefficient (Wildman–Crippen LogP) is 5.45. The predicted molar refractivity (Wildman–Crippen MR) is 111 cm³/mol. The Balaban J connectivity index is 1.74. The second-order valence-corrected chi connectivity index (χ2v) is 7.43. The zero-order valence-electron chi connectivity index (χ0n) is 16.5. The minimum absolute atomic E-state index is 0.0219. The van der Waals surface area contributed by atoms with Crippen LogP contribution in [0.3, 0.4) is 0 Å². The van der Waals surface area contributed by atoms with Gasteiger partial charge in [0.25, 0.3) is 0 Å². The molecule has 0 bridgehead atoms. The fourth-order valence-corrected chi connectivity index (χ4v) is 3.14. The molecule has 1 unspecified atom stereocenters. The first-order valence-electron chi connectivity index (χ1n) is 9.60. The molecule has 2 heterocycles. The summed E-state index contributed by atoms with van der Waals surface area (Å²) in [5.41, 5.74) is 4.75. The highest BCUT2D eigenvalue weighted by atomic mass is 16.1. The fourth-order valence-electron chi connectivity index (χ4n) is 3.14. The minimum Gasteiger partial charge on any atom is -0.311 e. The highest BCUT2D eigenvalue weighted by Gasteiger charge is 2.10. The second-order valence-electron chi connectivity index (χ2n) is 7.43. The lowest BCUT2D eigenvalue weighted by Crippen LogP contribution is -2.11. The van der Waals surface area contributed by atoms with Gasteiger partial charge < -0.3 is 5.32 Å². The van der Waals surface area contributed by atoms with Gasteiger partial charge in [0.15, 0.2) is 0 Å². The van der Waals surface area contributed by atoms with E-state index >= 15 is 0 Å². The first-order chi connectivity index (χ1) is 13.0. The van der Waals surface area contributed by atoms with Crippen molar-refractivity contribution in [1.29, 1.82) is 0 Å². The van der Waals surface area contributed by atoms with Crippen LogP contribution in [0.1, 0.15) is 62.6 Å². The molecule has 0 aliphatic heterocycles. The lowest BCUT2D eigenvalue weighted by Gasteiger charge is -2.13. The number of hydrogen-bond acceptors (Lipinski definition) is 3. The van der Waals surface area contributed by atoms with E-state index in [9.17, 15) is 4.79 Å². The summed E-state index contributed by atoms with van der Waals surface area (Å²) in [5.74, 6) is 1.41. The zero-order chi connectivity index (χ0) is 19.4. The van der Waals surface area contributed by atoms with Crippen molar-refractivity contribution < 1.29 is 4.79 Å². The number of carbonyl (C=O) groups excluding carboxylic acids is 1. The van der Waals surface area contributed by atoms with Gasteiger partial charge in [-0.15, -0.1) is 0 Å². The van der Waals surface area contributed by atoms with Crippen molar-refractivity contribution in [3.63, 3.8) is 0 Å². The van der Waals surface area contributed by atoms with Crippen molar-refractivity contribution in [1.82, 2.24) is 9.97 Å². The van der Waals surface area contributed by atoms with E-state index in [0.29, 0.717) is 24.1 Å². The van der Waals surface area contributed by atoms with Crippen LogP contribution in [0.2, 0.25) is 0 Å². The molecule has 2 aromatic heterocycles. The number of rotatable bonds is 6. The van der Waals surface area contributed by atoms with Crippen LogP contribution in [0.5, 0.6) is 0 Å². The third-order valence-electron chi connectivity index (χ3n) is 4.91. The molecule has 1 atom stereocenters. The van der Waals surface area contributed by atoms with Crippen LogP contribution >= 0.6 is 0 Å². The molecule has 4 nitrogen and oxygen atoms in total. The molecule has 0 aliphatic carbocycles. The number of nitrogens with zero attached hydrogens (tertiary/aromatic N) is 2. The van der Waals surface area contributed by atoms with Crippen molar-refractivity contribution in [2.24, 2.45) is 0 Å². The van der Waals surface area contributed by atoms with Crippen molar-refractivity contribution in [2.75, 3.05) is 5.32 Å². The molecule has 0 saturated heterocycles. The van der Waals surface area contributed by atoms with E-state index in [4.69, 9.17) is 0 Å². The maximum Gasteiger partial charge on any atom is 0.225 e. The number of pyridine rings is 2. The van der Waals surface area contributed by atoms with Gasteiger partial charge in [-0.1, -0.05) is 39.8 Å². The van der Waals surface area contributed by atoms with E-state index in [1.54, 1.807) is 0 Å². The van der Waals surface area contributed by atoms with Gasteiger partial charge in [-0.3, -0.25) is 9.78 Å². The zero-order valence-corrected chi connectivity index (χ0v) is 16.5. The maximum atomic E-state index is 11.5. The topological polar surface area (TPSA) is 54.9 Å². The summed E-state index contributed by atoms with van der Waals surface area (Å²) in [6.07, 6.45) is 5.17. The van der Waals surface area contributed by atoms with Gasteiger partial charge in [0, 0.05) is 24.2 Å². The van der Waals surface area contributed by atoms with Crippen LogP contribution in [0.25, 0.3) is 10.9 Å². The summed E-state index contributed by atoms with van der Waals surface area (Å²) >= 11 is 0. The average Bonchev–Trinajstić information content (AvgIpc) is 2.67. The molecule has 0 spiro atoms. The normalized spacial score (nSPS) is 12.3. The number of carbonyl (C=O) groups is 1. The van der Waals surface area contributed by atoms with Crippen molar-refractivity contribution in [3.8, 4) is 0 Å². The Bertz CT molecular complexity index is 932. The number of amides is 1. The van der Waals surface area contributed by atoms with Gasteiger partial charge in [0.05, 0.1) is 5.52 Å². The van der Waals surface area contributed by atoms with E-state index in [2.05, 4.69) is 60.3 Å². The van der Waals surface area contributed by atoms with Crippen LogP contribution < -0.4 is 5.32 Å². The molecular weight excluding hydrogens is 334 g/mol. The summed E-state index contributed by atoms with van der Waals surface area (Å²) in [6.45, 7) is 8.43. The molecule has 0 fully saturated rings. The molecule has 1 N–H and O–H groups in total. The fraction of sp³-hybridized carbons (Fsp3) is 0.348. The minimum atomic E-state index is -0.0219. The van der Waals surface area contributed by atoms with Crippen molar-refractivity contribution in [2.45, 2.75) is 52.4 Å². The molecular formula is C23H27N3O. The van der Waals surface area contributed by atoms with Crippen molar-refractivity contribution >= 4 is 22.6 Å². The Hall–Kier alpha value is -2.75. The second kappa shape index (κ2) is 8.30. The average molecular weight is 361 g/mol. The number of fused-ring (bicyclic) bond motifs is 1. The van der Waals surface area contributed by atoms with E-state index in [1.807, 2.05) is 31.5 Å². The van der Waals surface area contributed by atoms with Crippen LogP contribution in [0.15, 0.2) is 48.8 Å². The first kappa shape index (κ1) is 19.0. The van der Waals surface area contributed by atoms with Crippen LogP contribution in [-0.2, 0) is 11.2 Å². The Morgan fingerprint density at radius 1 is 1.00 bits per heavy atom. The van der Waals surface area contributed by atoms with Gasteiger partial charge in [-0.05, 0) is 59.2 Å². The smallest absolute Gasteiger partial charge is 0.225 e.